The lowest BCUT2D eigenvalue weighted by atomic mass is 10.2. The van der Waals surface area contributed by atoms with Crippen LogP contribution in [0.2, 0.25) is 5.02 Å². The van der Waals surface area contributed by atoms with Crippen molar-refractivity contribution in [1.82, 2.24) is 4.72 Å². The third kappa shape index (κ3) is 3.09. The fourth-order valence-electron chi connectivity index (χ4n) is 2.00. The summed E-state index contributed by atoms with van der Waals surface area (Å²) in [7, 11) is -4.09. The smallest absolute Gasteiger partial charge is 0.290 e. The van der Waals surface area contributed by atoms with Crippen molar-refractivity contribution in [3.05, 3.63) is 33.3 Å². The van der Waals surface area contributed by atoms with E-state index in [9.17, 15) is 18.5 Å². The highest BCUT2D eigenvalue weighted by atomic mass is 35.5. The first kappa shape index (κ1) is 15.2. The van der Waals surface area contributed by atoms with E-state index in [1.165, 1.54) is 12.1 Å². The van der Waals surface area contributed by atoms with Gasteiger partial charge < -0.3 is 5.73 Å². The van der Waals surface area contributed by atoms with Gasteiger partial charge in [-0.15, -0.1) is 0 Å². The van der Waals surface area contributed by atoms with Gasteiger partial charge >= 0.3 is 0 Å². The van der Waals surface area contributed by atoms with E-state index in [4.69, 9.17) is 17.3 Å². The van der Waals surface area contributed by atoms with Crippen molar-refractivity contribution >= 4 is 27.3 Å². The SMILES string of the molecule is NCC(NS(=O)(=O)c1c(Cl)cccc1[N+](=O)[O-])C1CC1. The van der Waals surface area contributed by atoms with Crippen LogP contribution in [0, 0.1) is 16.0 Å². The summed E-state index contributed by atoms with van der Waals surface area (Å²) < 4.78 is 27.1. The highest BCUT2D eigenvalue weighted by Crippen LogP contribution is 2.35. The molecular weight excluding hydrogens is 306 g/mol. The average molecular weight is 320 g/mol. The molecule has 1 aromatic rings. The van der Waals surface area contributed by atoms with Crippen LogP contribution in [0.5, 0.6) is 0 Å². The molecule has 0 spiro atoms. The lowest BCUT2D eigenvalue weighted by molar-refractivity contribution is -0.387. The van der Waals surface area contributed by atoms with Gasteiger partial charge in [0.05, 0.1) is 9.95 Å². The van der Waals surface area contributed by atoms with Crippen molar-refractivity contribution in [3.63, 3.8) is 0 Å². The Hall–Kier alpha value is -1.22. The Balaban J connectivity index is 2.40. The Morgan fingerprint density at radius 3 is 2.65 bits per heavy atom. The second-order valence-electron chi connectivity index (χ2n) is 4.65. The van der Waals surface area contributed by atoms with E-state index < -0.39 is 31.6 Å². The zero-order valence-corrected chi connectivity index (χ0v) is 12.0. The van der Waals surface area contributed by atoms with E-state index in [0.717, 1.165) is 18.9 Å². The number of nitro groups is 1. The number of nitrogens with two attached hydrogens (primary N) is 1. The molecule has 1 unspecified atom stereocenters. The molecule has 0 aliphatic heterocycles. The standard InChI is InChI=1S/C11H14ClN3O4S/c12-8-2-1-3-10(15(16)17)11(8)20(18,19)14-9(6-13)7-4-5-7/h1-3,7,9,14H,4-6,13H2. The van der Waals surface area contributed by atoms with Crippen LogP contribution in [0.3, 0.4) is 0 Å². The molecule has 7 nitrogen and oxygen atoms in total. The van der Waals surface area contributed by atoms with Crippen LogP contribution < -0.4 is 10.5 Å². The molecule has 0 saturated heterocycles. The molecule has 1 fully saturated rings. The van der Waals surface area contributed by atoms with Gasteiger partial charge in [-0.3, -0.25) is 10.1 Å². The summed E-state index contributed by atoms with van der Waals surface area (Å²) in [5.74, 6) is 0.191. The number of hydrogen-bond acceptors (Lipinski definition) is 5. The molecule has 0 bridgehead atoms. The van der Waals surface area contributed by atoms with Crippen molar-refractivity contribution in [2.45, 2.75) is 23.8 Å². The first-order valence-corrected chi connectivity index (χ1v) is 7.88. The molecule has 2 rings (SSSR count). The topological polar surface area (TPSA) is 115 Å². The Morgan fingerprint density at radius 1 is 1.50 bits per heavy atom. The Kier molecular flexibility index (Phi) is 4.28. The van der Waals surface area contributed by atoms with Crippen LogP contribution >= 0.6 is 11.6 Å². The maximum Gasteiger partial charge on any atom is 0.290 e. The van der Waals surface area contributed by atoms with Gasteiger partial charge in [-0.2, -0.15) is 0 Å². The van der Waals surface area contributed by atoms with E-state index in [0.29, 0.717) is 0 Å². The van der Waals surface area contributed by atoms with Gasteiger partial charge in [0.25, 0.3) is 5.69 Å². The van der Waals surface area contributed by atoms with Crippen molar-refractivity contribution in [1.29, 1.82) is 0 Å². The molecule has 9 heteroatoms. The van der Waals surface area contributed by atoms with Crippen LogP contribution in [0.25, 0.3) is 0 Å². The van der Waals surface area contributed by atoms with Gasteiger partial charge in [0.1, 0.15) is 0 Å². The van der Waals surface area contributed by atoms with Crippen LogP contribution in [0.1, 0.15) is 12.8 Å². The molecule has 0 aromatic heterocycles. The molecule has 1 aliphatic rings. The summed E-state index contributed by atoms with van der Waals surface area (Å²) in [6, 6.07) is 3.32. The molecular formula is C11H14ClN3O4S. The number of nitrogens with zero attached hydrogens (tertiary/aromatic N) is 1. The van der Waals surface area contributed by atoms with E-state index in [1.807, 2.05) is 0 Å². The van der Waals surface area contributed by atoms with Crippen LogP contribution in [0.4, 0.5) is 5.69 Å². The summed E-state index contributed by atoms with van der Waals surface area (Å²) >= 11 is 5.82. The van der Waals surface area contributed by atoms with E-state index in [2.05, 4.69) is 4.72 Å². The Labute approximate surface area is 121 Å². The minimum Gasteiger partial charge on any atom is -0.329 e. The predicted molar refractivity (Wildman–Crippen MR) is 74.0 cm³/mol. The van der Waals surface area contributed by atoms with Crippen LogP contribution in [-0.4, -0.2) is 25.9 Å². The number of hydrogen-bond donors (Lipinski definition) is 2. The molecule has 1 aliphatic carbocycles. The maximum atomic E-state index is 12.3. The Morgan fingerprint density at radius 2 is 2.15 bits per heavy atom. The number of halogens is 1. The Bertz CT molecular complexity index is 631. The maximum absolute atomic E-state index is 12.3. The average Bonchev–Trinajstić information content (AvgIpc) is 3.19. The van der Waals surface area contributed by atoms with Gasteiger partial charge in [-0.25, -0.2) is 13.1 Å². The minimum atomic E-state index is -4.09. The summed E-state index contributed by atoms with van der Waals surface area (Å²) in [6.07, 6.45) is 1.80. The number of sulfonamides is 1. The first-order valence-electron chi connectivity index (χ1n) is 6.02. The fourth-order valence-corrected chi connectivity index (χ4v) is 4.02. The summed E-state index contributed by atoms with van der Waals surface area (Å²) in [4.78, 5) is 9.67. The van der Waals surface area contributed by atoms with E-state index in [1.54, 1.807) is 0 Å². The number of nitro benzene ring substituents is 1. The molecule has 3 N–H and O–H groups in total. The van der Waals surface area contributed by atoms with Gasteiger partial charge in [-0.1, -0.05) is 17.7 Å². The van der Waals surface area contributed by atoms with E-state index >= 15 is 0 Å². The van der Waals surface area contributed by atoms with Crippen LogP contribution in [-0.2, 0) is 10.0 Å². The normalized spacial score (nSPS) is 16.9. The second kappa shape index (κ2) is 5.65. The third-order valence-corrected chi connectivity index (χ3v) is 5.17. The summed E-state index contributed by atoms with van der Waals surface area (Å²) in [5.41, 5.74) is 5.00. The molecule has 0 amide bonds. The first-order chi connectivity index (χ1) is 9.36. The monoisotopic (exact) mass is 319 g/mol. The highest BCUT2D eigenvalue weighted by molar-refractivity contribution is 7.89. The van der Waals surface area contributed by atoms with Crippen molar-refractivity contribution < 1.29 is 13.3 Å². The van der Waals surface area contributed by atoms with E-state index in [-0.39, 0.29) is 17.5 Å². The van der Waals surface area contributed by atoms with Gasteiger partial charge in [-0.05, 0) is 24.8 Å². The second-order valence-corrected chi connectivity index (χ2v) is 6.70. The van der Waals surface area contributed by atoms with Crippen molar-refractivity contribution in [2.24, 2.45) is 11.7 Å². The molecule has 1 aromatic carbocycles. The zero-order chi connectivity index (χ0) is 14.9. The highest BCUT2D eigenvalue weighted by Gasteiger charge is 2.36. The fraction of sp³-hybridized carbons (Fsp3) is 0.455. The molecule has 0 heterocycles. The van der Waals surface area contributed by atoms with Crippen molar-refractivity contribution in [2.75, 3.05) is 6.54 Å². The van der Waals surface area contributed by atoms with Gasteiger partial charge in [0.15, 0.2) is 4.90 Å². The number of benzene rings is 1. The third-order valence-electron chi connectivity index (χ3n) is 3.16. The lowest BCUT2D eigenvalue weighted by Crippen LogP contribution is -2.41. The minimum absolute atomic E-state index is 0.141. The van der Waals surface area contributed by atoms with Crippen molar-refractivity contribution in [3.8, 4) is 0 Å². The van der Waals surface area contributed by atoms with Gasteiger partial charge in [0.2, 0.25) is 10.0 Å². The molecule has 1 atom stereocenters. The predicted octanol–water partition coefficient (Wildman–Crippen LogP) is 1.26. The van der Waals surface area contributed by atoms with Gasteiger partial charge in [0, 0.05) is 18.7 Å². The number of nitrogens with one attached hydrogen (secondary N) is 1. The molecule has 0 radical (unpaired) electrons. The quantitative estimate of drug-likeness (QED) is 0.605. The summed E-state index contributed by atoms with van der Waals surface area (Å²) in [6.45, 7) is 0.141. The summed E-state index contributed by atoms with van der Waals surface area (Å²) in [5, 5.41) is 10.8. The van der Waals surface area contributed by atoms with Crippen LogP contribution in [0.15, 0.2) is 23.1 Å². The molecule has 20 heavy (non-hydrogen) atoms. The number of rotatable bonds is 6. The lowest BCUT2D eigenvalue weighted by Gasteiger charge is -2.16. The largest absolute Gasteiger partial charge is 0.329 e. The molecule has 1 saturated carbocycles. The zero-order valence-electron chi connectivity index (χ0n) is 10.5. The molecule has 110 valence electrons.